The van der Waals surface area contributed by atoms with E-state index in [0.717, 1.165) is 89.8 Å². The van der Waals surface area contributed by atoms with Gasteiger partial charge in [0.15, 0.2) is 0 Å². The molecule has 0 spiro atoms. The summed E-state index contributed by atoms with van der Waals surface area (Å²) in [6.45, 7) is 16.5. The molecule has 1 aromatic carbocycles. The molecular formula is C39H65N7O3S. The van der Waals surface area contributed by atoms with Gasteiger partial charge in [-0.1, -0.05) is 60.5 Å². The first kappa shape index (κ1) is 46.5. The molecule has 1 atom stereocenters. The highest BCUT2D eigenvalue weighted by molar-refractivity contribution is 8.13. The molecule has 2 aromatic heterocycles. The van der Waals surface area contributed by atoms with Crippen LogP contribution in [-0.4, -0.2) is 47.3 Å². The topological polar surface area (TPSA) is 178 Å². The Hall–Kier alpha value is -3.51. The molecular weight excluding hydrogens is 647 g/mol. The highest BCUT2D eigenvalue weighted by Crippen LogP contribution is 2.41. The van der Waals surface area contributed by atoms with E-state index in [1.165, 1.54) is 18.3 Å². The molecule has 0 fully saturated rings. The van der Waals surface area contributed by atoms with Gasteiger partial charge in [-0.25, -0.2) is 4.99 Å². The number of aryl methyl sites for hydroxylation is 1. The molecule has 10 nitrogen and oxygen atoms in total. The Morgan fingerprint density at radius 3 is 2.34 bits per heavy atom. The third-order valence-corrected chi connectivity index (χ3v) is 9.02. The Balaban J connectivity index is 0.00000379. The lowest BCUT2D eigenvalue weighted by atomic mass is 9.84. The number of pyridine rings is 1. The van der Waals surface area contributed by atoms with E-state index < -0.39 is 0 Å². The summed E-state index contributed by atoms with van der Waals surface area (Å²) in [6, 6.07) is 10.7. The fourth-order valence-corrected chi connectivity index (χ4v) is 6.32. The number of nitrogens with two attached hydrogens (primary N) is 4. The van der Waals surface area contributed by atoms with Gasteiger partial charge in [0.25, 0.3) is 6.47 Å². The van der Waals surface area contributed by atoms with Crippen LogP contribution in [0.3, 0.4) is 0 Å². The number of aliphatic imine (C=N–C) groups is 1. The summed E-state index contributed by atoms with van der Waals surface area (Å²) >= 11 is 1.66. The fraction of sp³-hybridized carbons (Fsp3) is 0.538. The number of carbonyl (C=O) groups excluding carboxylic acids is 2. The number of hydrogen-bond donors (Lipinski definition) is 4. The summed E-state index contributed by atoms with van der Waals surface area (Å²) in [5.41, 5.74) is 17.9. The summed E-state index contributed by atoms with van der Waals surface area (Å²) in [5, 5.41) is 2.19. The maximum absolute atomic E-state index is 11.1. The molecule has 11 heteroatoms. The van der Waals surface area contributed by atoms with Crippen LogP contribution < -0.4 is 23.2 Å². The van der Waals surface area contributed by atoms with E-state index in [2.05, 4.69) is 87.1 Å². The molecule has 0 bridgehead atoms. The first-order valence-electron chi connectivity index (χ1n) is 17.8. The van der Waals surface area contributed by atoms with Crippen LogP contribution in [0.15, 0.2) is 47.7 Å². The molecule has 0 aliphatic carbocycles. The number of benzene rings is 1. The van der Waals surface area contributed by atoms with Crippen molar-refractivity contribution in [2.75, 3.05) is 19.9 Å². The predicted octanol–water partition coefficient (Wildman–Crippen LogP) is 7.96. The Kier molecular flexibility index (Phi) is 24.5. The van der Waals surface area contributed by atoms with Gasteiger partial charge in [-0.2, -0.15) is 0 Å². The van der Waals surface area contributed by atoms with Crippen molar-refractivity contribution < 1.29 is 14.3 Å². The smallest absolute Gasteiger partial charge is 0.293 e. The average molecular weight is 712 g/mol. The van der Waals surface area contributed by atoms with Crippen molar-refractivity contribution in [2.24, 2.45) is 33.6 Å². The van der Waals surface area contributed by atoms with Gasteiger partial charge in [0.05, 0.1) is 28.7 Å². The largest absolute Gasteiger partial charge is 0.467 e. The van der Waals surface area contributed by atoms with Crippen LogP contribution in [-0.2, 0) is 27.3 Å². The zero-order valence-corrected chi connectivity index (χ0v) is 32.9. The third kappa shape index (κ3) is 13.7. The van der Waals surface area contributed by atoms with Gasteiger partial charge in [-0.05, 0) is 88.1 Å². The average Bonchev–Trinajstić information content (AvgIpc) is 3.46. The minimum absolute atomic E-state index is 0.292. The second-order valence-electron chi connectivity index (χ2n) is 12.2. The Morgan fingerprint density at radius 1 is 1.08 bits per heavy atom. The molecule has 0 saturated heterocycles. The van der Waals surface area contributed by atoms with Crippen molar-refractivity contribution in [3.05, 3.63) is 59.5 Å². The molecule has 2 heterocycles. The van der Waals surface area contributed by atoms with E-state index in [1.807, 2.05) is 26.1 Å². The van der Waals surface area contributed by atoms with E-state index in [1.54, 1.807) is 18.0 Å². The number of rotatable bonds is 18. The predicted molar refractivity (Wildman–Crippen MR) is 216 cm³/mol. The van der Waals surface area contributed by atoms with E-state index in [9.17, 15) is 9.59 Å². The van der Waals surface area contributed by atoms with Crippen LogP contribution in [0.5, 0.6) is 0 Å². The summed E-state index contributed by atoms with van der Waals surface area (Å²) in [6.07, 6.45) is 13.9. The number of fused-ring (bicyclic) bond motifs is 1. The number of carbonyl (C=O) groups is 2. The Labute approximate surface area is 305 Å². The number of thioether (sulfide) groups is 1. The van der Waals surface area contributed by atoms with Gasteiger partial charge in [-0.15, -0.1) is 11.8 Å². The van der Waals surface area contributed by atoms with Crippen molar-refractivity contribution in [1.82, 2.24) is 9.55 Å². The number of nitrogens with zero attached hydrogens (tertiary/aromatic N) is 3. The molecule has 50 heavy (non-hydrogen) atoms. The number of aromatic nitrogens is 2. The Morgan fingerprint density at radius 2 is 1.76 bits per heavy atom. The van der Waals surface area contributed by atoms with Crippen LogP contribution >= 0.6 is 11.8 Å². The highest BCUT2D eigenvalue weighted by Gasteiger charge is 2.28. The van der Waals surface area contributed by atoms with Crippen LogP contribution in [0.2, 0.25) is 0 Å². The van der Waals surface area contributed by atoms with Crippen molar-refractivity contribution in [1.29, 1.82) is 0 Å². The molecule has 3 rings (SSSR count). The molecule has 0 saturated carbocycles. The van der Waals surface area contributed by atoms with Crippen molar-refractivity contribution in [3.63, 3.8) is 0 Å². The highest BCUT2D eigenvalue weighted by atomic mass is 32.2. The van der Waals surface area contributed by atoms with Crippen LogP contribution in [0, 0.1) is 5.41 Å². The second-order valence-corrected chi connectivity index (χ2v) is 13.1. The molecule has 280 valence electrons. The number of unbranched alkanes of at least 4 members (excludes halogenated alkanes) is 4. The SMILES string of the molecule is CC.CCC(C)c1ncccc1-c1c(CC(C)(C)COC=O)c2cc(/C(=C/N)N=C(CCCCCCC=O)SC)ccc2n1CC.CN.NN. The van der Waals surface area contributed by atoms with E-state index >= 15 is 0 Å². The standard InChI is InChI=1S/C36H50N4O3S.C2H6.CH5N.H4N2/c1-7-26(3)34-28(15-14-19-38-34)35-30(22-36(4,5)24-43-25-42)29-21-27(17-18-32(29)40(35)8-2)31(23-37)39-33(44-6)16-12-10-9-11-13-20-41;3*1-2/h14-15,17-21,23,25-26H,7-13,16,22,24,37H2,1-6H3;1-2H3;2H2,1H3;1-2H2/b31-23-,39-33?;;;. The lowest BCUT2D eigenvalue weighted by Crippen LogP contribution is -2.22. The lowest BCUT2D eigenvalue weighted by Gasteiger charge is -2.25. The molecule has 0 aliphatic rings. The summed E-state index contributed by atoms with van der Waals surface area (Å²) < 4.78 is 7.66. The van der Waals surface area contributed by atoms with Gasteiger partial charge in [0.1, 0.15) is 6.29 Å². The maximum Gasteiger partial charge on any atom is 0.293 e. The van der Waals surface area contributed by atoms with Crippen LogP contribution in [0.25, 0.3) is 27.9 Å². The quantitative estimate of drug-likeness (QED) is 0.0254. The fourth-order valence-electron chi connectivity index (χ4n) is 5.79. The summed E-state index contributed by atoms with van der Waals surface area (Å²) in [4.78, 5) is 31.6. The Bertz CT molecular complexity index is 1470. The van der Waals surface area contributed by atoms with E-state index in [4.69, 9.17) is 20.4 Å². The molecule has 0 radical (unpaired) electrons. The minimum atomic E-state index is -0.292. The van der Waals surface area contributed by atoms with E-state index in [0.29, 0.717) is 31.8 Å². The third-order valence-electron chi connectivity index (χ3n) is 8.25. The lowest BCUT2D eigenvalue weighted by molar-refractivity contribution is -0.131. The maximum atomic E-state index is 11.1. The van der Waals surface area contributed by atoms with Crippen molar-refractivity contribution in [3.8, 4) is 11.3 Å². The normalized spacial score (nSPS) is 12.1. The van der Waals surface area contributed by atoms with Crippen molar-refractivity contribution in [2.45, 2.75) is 112 Å². The molecule has 0 aliphatic heterocycles. The van der Waals surface area contributed by atoms with Gasteiger partial charge < -0.3 is 25.6 Å². The molecule has 0 amide bonds. The van der Waals surface area contributed by atoms with Gasteiger partial charge in [-0.3, -0.25) is 21.5 Å². The molecule has 3 aromatic rings. The number of ether oxygens (including phenoxy) is 1. The van der Waals surface area contributed by atoms with Crippen molar-refractivity contribution >= 4 is 46.2 Å². The van der Waals surface area contributed by atoms with Gasteiger partial charge >= 0.3 is 0 Å². The minimum Gasteiger partial charge on any atom is -0.467 e. The molecule has 1 unspecified atom stereocenters. The number of hydrogen-bond acceptors (Lipinski definition) is 10. The van der Waals surface area contributed by atoms with E-state index in [-0.39, 0.29) is 5.41 Å². The summed E-state index contributed by atoms with van der Waals surface area (Å²) in [5.74, 6) is 8.31. The first-order valence-corrected chi connectivity index (χ1v) is 19.0. The first-order chi connectivity index (χ1) is 24.2. The summed E-state index contributed by atoms with van der Waals surface area (Å²) in [7, 11) is 1.50. The number of hydrazine groups is 1. The van der Waals surface area contributed by atoms with Gasteiger partial charge in [0, 0.05) is 52.8 Å². The molecule has 8 N–H and O–H groups in total. The zero-order valence-electron chi connectivity index (χ0n) is 32.1. The van der Waals surface area contributed by atoms with Crippen LogP contribution in [0.4, 0.5) is 0 Å². The number of aldehydes is 1. The zero-order chi connectivity index (χ0) is 38.1. The van der Waals surface area contributed by atoms with Gasteiger partial charge in [0.2, 0.25) is 0 Å². The second kappa shape index (κ2) is 26.3. The monoisotopic (exact) mass is 711 g/mol. The van der Waals surface area contributed by atoms with Crippen LogP contribution in [0.1, 0.15) is 116 Å².